The predicted octanol–water partition coefficient (Wildman–Crippen LogP) is 6.40. The fraction of sp³-hybridized carbons (Fsp3) is 0.107. The lowest BCUT2D eigenvalue weighted by Crippen LogP contribution is -2.20. The Labute approximate surface area is 212 Å². The Morgan fingerprint density at radius 1 is 1.00 bits per heavy atom. The van der Waals surface area contributed by atoms with Gasteiger partial charge in [0, 0.05) is 22.8 Å². The van der Waals surface area contributed by atoms with Gasteiger partial charge in [-0.3, -0.25) is 9.59 Å². The first kappa shape index (κ1) is 23.4. The van der Waals surface area contributed by atoms with Crippen molar-refractivity contribution in [2.24, 2.45) is 0 Å². The Balaban J connectivity index is 1.28. The molecule has 4 aromatic rings. The summed E-state index contributed by atoms with van der Waals surface area (Å²) < 4.78 is 11.5. The maximum atomic E-state index is 12.8. The van der Waals surface area contributed by atoms with Crippen LogP contribution in [0.5, 0.6) is 17.2 Å². The van der Waals surface area contributed by atoms with Crippen LogP contribution >= 0.6 is 11.6 Å². The van der Waals surface area contributed by atoms with E-state index in [1.54, 1.807) is 42.5 Å². The molecular formula is C28H21ClN2O5. The van der Waals surface area contributed by atoms with Crippen molar-refractivity contribution in [3.05, 3.63) is 101 Å². The second kappa shape index (κ2) is 10.1. The molecule has 3 aromatic carbocycles. The zero-order valence-electron chi connectivity index (χ0n) is 19.0. The third kappa shape index (κ3) is 5.01. The van der Waals surface area contributed by atoms with Crippen molar-refractivity contribution in [1.82, 2.24) is 4.98 Å². The number of fused-ring (bicyclic) bond motifs is 1. The van der Waals surface area contributed by atoms with Crippen molar-refractivity contribution >= 4 is 29.3 Å². The average molecular weight is 501 g/mol. The molecule has 5 rings (SSSR count). The molecule has 0 bridgehead atoms. The number of anilines is 1. The molecule has 2 heterocycles. The number of nitrogens with zero attached hydrogens (tertiary/aromatic N) is 1. The first-order valence-corrected chi connectivity index (χ1v) is 11.7. The van der Waals surface area contributed by atoms with Gasteiger partial charge in [0.25, 0.3) is 5.91 Å². The first-order valence-electron chi connectivity index (χ1n) is 11.3. The monoisotopic (exact) mass is 500 g/mol. The van der Waals surface area contributed by atoms with E-state index in [9.17, 15) is 14.7 Å². The quantitative estimate of drug-likeness (QED) is 0.318. The summed E-state index contributed by atoms with van der Waals surface area (Å²) in [5.41, 5.74) is 2.68. The molecule has 1 aliphatic rings. The smallest absolute Gasteiger partial charge is 0.311 e. The fourth-order valence-electron chi connectivity index (χ4n) is 3.99. The molecule has 0 spiro atoms. The zero-order valence-corrected chi connectivity index (χ0v) is 19.7. The minimum absolute atomic E-state index is 0.275. The van der Waals surface area contributed by atoms with Crippen molar-refractivity contribution in [3.8, 4) is 28.5 Å². The maximum absolute atomic E-state index is 12.8. The van der Waals surface area contributed by atoms with Gasteiger partial charge in [0.05, 0.1) is 23.2 Å². The van der Waals surface area contributed by atoms with Crippen LogP contribution in [0.15, 0.2) is 84.9 Å². The van der Waals surface area contributed by atoms with E-state index in [-0.39, 0.29) is 10.9 Å². The normalized spacial score (nSPS) is 14.3. The van der Waals surface area contributed by atoms with Gasteiger partial charge in [-0.05, 0) is 48.9 Å². The number of benzene rings is 3. The number of aliphatic carboxylic acids is 1. The minimum Gasteiger partial charge on any atom is -0.493 e. The average Bonchev–Trinajstić information content (AvgIpc) is 2.90. The number of amides is 1. The molecule has 0 saturated carbocycles. The van der Waals surface area contributed by atoms with Gasteiger partial charge in [0.15, 0.2) is 0 Å². The van der Waals surface area contributed by atoms with E-state index in [0.717, 1.165) is 11.3 Å². The lowest BCUT2D eigenvalue weighted by molar-refractivity contribution is -0.139. The van der Waals surface area contributed by atoms with E-state index < -0.39 is 11.9 Å². The van der Waals surface area contributed by atoms with Gasteiger partial charge >= 0.3 is 5.97 Å². The third-order valence-electron chi connectivity index (χ3n) is 5.81. The molecule has 7 nitrogen and oxygen atoms in total. The lowest BCUT2D eigenvalue weighted by atomic mass is 9.93. The molecule has 0 aliphatic carbocycles. The fourth-order valence-corrected chi connectivity index (χ4v) is 4.20. The number of ether oxygens (including phenoxy) is 2. The number of rotatable bonds is 6. The van der Waals surface area contributed by atoms with Gasteiger partial charge < -0.3 is 19.9 Å². The van der Waals surface area contributed by atoms with Crippen LogP contribution < -0.4 is 14.8 Å². The summed E-state index contributed by atoms with van der Waals surface area (Å²) in [5.74, 6) is -0.208. The summed E-state index contributed by atoms with van der Waals surface area (Å²) in [6.45, 7) is 0.304. The van der Waals surface area contributed by atoms with Crippen LogP contribution in [0.3, 0.4) is 0 Å². The summed E-state index contributed by atoms with van der Waals surface area (Å²) >= 11 is 6.37. The molecule has 0 fully saturated rings. The highest BCUT2D eigenvalue weighted by molar-refractivity contribution is 6.32. The Morgan fingerprint density at radius 3 is 2.53 bits per heavy atom. The molecule has 1 unspecified atom stereocenters. The number of carboxylic acids is 1. The number of carboxylic acid groups (broad SMARTS) is 1. The number of hydrogen-bond acceptors (Lipinski definition) is 5. The van der Waals surface area contributed by atoms with Gasteiger partial charge in [0.2, 0.25) is 0 Å². The molecule has 1 amide bonds. The van der Waals surface area contributed by atoms with E-state index in [4.69, 9.17) is 21.1 Å². The third-order valence-corrected chi connectivity index (χ3v) is 6.10. The number of nitrogens with one attached hydrogen (secondary N) is 1. The van der Waals surface area contributed by atoms with E-state index in [0.29, 0.717) is 47.2 Å². The number of carbonyl (C=O) groups is 2. The molecule has 1 aliphatic heterocycles. The Morgan fingerprint density at radius 2 is 1.78 bits per heavy atom. The molecule has 0 saturated heterocycles. The molecule has 36 heavy (non-hydrogen) atoms. The van der Waals surface area contributed by atoms with Crippen LogP contribution in [-0.2, 0) is 4.79 Å². The van der Waals surface area contributed by atoms with Crippen LogP contribution in [-0.4, -0.2) is 28.6 Å². The molecule has 180 valence electrons. The minimum atomic E-state index is -0.917. The summed E-state index contributed by atoms with van der Waals surface area (Å²) in [6, 6.07) is 24.9. The molecule has 0 radical (unpaired) electrons. The highest BCUT2D eigenvalue weighted by Crippen LogP contribution is 2.41. The zero-order chi connectivity index (χ0) is 25.1. The largest absolute Gasteiger partial charge is 0.493 e. The Bertz CT molecular complexity index is 1420. The van der Waals surface area contributed by atoms with Gasteiger partial charge in [-0.2, -0.15) is 0 Å². The van der Waals surface area contributed by atoms with Crippen LogP contribution in [0, 0.1) is 0 Å². The standard InChI is InChI=1S/C28H21ClN2O5/c29-22-15-21-20(28(33)34)13-14-35-24(21)16-25(22)36-19-11-9-18(10-12-19)27(32)31-26-8-4-7-23(30-26)17-5-2-1-3-6-17/h1-12,15-16,20H,13-14H2,(H,33,34)(H,30,31,32). The summed E-state index contributed by atoms with van der Waals surface area (Å²) in [6.07, 6.45) is 0.383. The number of hydrogen-bond donors (Lipinski definition) is 2. The SMILES string of the molecule is O=C(Nc1cccc(-c2ccccc2)n1)c1ccc(Oc2cc3c(cc2Cl)C(C(=O)O)CCO3)cc1. The van der Waals surface area contributed by atoms with Crippen molar-refractivity contribution in [1.29, 1.82) is 0 Å². The topological polar surface area (TPSA) is 97.8 Å². The number of halogens is 1. The van der Waals surface area contributed by atoms with Crippen LogP contribution in [0.1, 0.15) is 28.3 Å². The second-order valence-corrected chi connectivity index (χ2v) is 8.61. The molecule has 1 aromatic heterocycles. The number of carbonyl (C=O) groups excluding carboxylic acids is 1. The van der Waals surface area contributed by atoms with E-state index in [1.807, 2.05) is 42.5 Å². The van der Waals surface area contributed by atoms with E-state index >= 15 is 0 Å². The first-order chi connectivity index (χ1) is 17.5. The van der Waals surface area contributed by atoms with Crippen molar-refractivity contribution in [2.45, 2.75) is 12.3 Å². The Hall–Kier alpha value is -4.36. The predicted molar refractivity (Wildman–Crippen MR) is 136 cm³/mol. The molecule has 2 N–H and O–H groups in total. The summed E-state index contributed by atoms with van der Waals surface area (Å²) in [7, 11) is 0. The maximum Gasteiger partial charge on any atom is 0.311 e. The summed E-state index contributed by atoms with van der Waals surface area (Å²) in [4.78, 5) is 28.8. The van der Waals surface area contributed by atoms with Crippen molar-refractivity contribution in [3.63, 3.8) is 0 Å². The molecular weight excluding hydrogens is 480 g/mol. The summed E-state index contributed by atoms with van der Waals surface area (Å²) in [5, 5.41) is 12.5. The van der Waals surface area contributed by atoms with Crippen LogP contribution in [0.25, 0.3) is 11.3 Å². The van der Waals surface area contributed by atoms with Crippen LogP contribution in [0.4, 0.5) is 5.82 Å². The van der Waals surface area contributed by atoms with Crippen molar-refractivity contribution < 1.29 is 24.2 Å². The molecule has 1 atom stereocenters. The second-order valence-electron chi connectivity index (χ2n) is 8.20. The van der Waals surface area contributed by atoms with E-state index in [2.05, 4.69) is 10.3 Å². The molecule has 8 heteroatoms. The number of aromatic nitrogens is 1. The van der Waals surface area contributed by atoms with Gasteiger partial charge in [-0.1, -0.05) is 48.0 Å². The van der Waals surface area contributed by atoms with Crippen molar-refractivity contribution in [2.75, 3.05) is 11.9 Å². The Kier molecular flexibility index (Phi) is 6.56. The highest BCUT2D eigenvalue weighted by Gasteiger charge is 2.29. The lowest BCUT2D eigenvalue weighted by Gasteiger charge is -2.24. The van der Waals surface area contributed by atoms with Gasteiger partial charge in [-0.25, -0.2) is 4.98 Å². The van der Waals surface area contributed by atoms with E-state index in [1.165, 1.54) is 0 Å². The van der Waals surface area contributed by atoms with Gasteiger partial charge in [-0.15, -0.1) is 0 Å². The highest BCUT2D eigenvalue weighted by atomic mass is 35.5. The van der Waals surface area contributed by atoms with Crippen LogP contribution in [0.2, 0.25) is 5.02 Å². The number of pyridine rings is 1. The van der Waals surface area contributed by atoms with Gasteiger partial charge in [0.1, 0.15) is 23.1 Å².